The number of benzene rings is 3. The maximum atomic E-state index is 13.0. The van der Waals surface area contributed by atoms with Gasteiger partial charge in [0.25, 0.3) is 20.0 Å². The van der Waals surface area contributed by atoms with E-state index in [1.807, 2.05) is 0 Å². The molecule has 33 heavy (non-hydrogen) atoms. The largest absolute Gasteiger partial charge is 0.443 e. The molecule has 0 aliphatic rings. The van der Waals surface area contributed by atoms with Gasteiger partial charge in [0.15, 0.2) is 0 Å². The number of rotatable bonds is 6. The average molecular weight is 520 g/mol. The summed E-state index contributed by atoms with van der Waals surface area (Å²) < 4.78 is 62.9. The molecule has 0 fully saturated rings. The standard InChI is InChI=1S/C21H14ClN3O5S3/c22-14-5-7-16(24-32(26,27)15-6-8-17-20(11-15)31-12-23-17)18(10-14)25-33(28,29)21-9-13-3-1-2-4-19(13)30-21/h1-12,24-25H. The van der Waals surface area contributed by atoms with Crippen molar-refractivity contribution in [3.8, 4) is 0 Å². The predicted octanol–water partition coefficient (Wildman–Crippen LogP) is 5.30. The van der Waals surface area contributed by atoms with Crippen molar-refractivity contribution in [2.45, 2.75) is 9.99 Å². The van der Waals surface area contributed by atoms with Crippen LogP contribution in [0.25, 0.3) is 21.2 Å². The van der Waals surface area contributed by atoms with Gasteiger partial charge in [0.1, 0.15) is 5.58 Å². The molecule has 0 amide bonds. The van der Waals surface area contributed by atoms with Crippen LogP contribution in [0.4, 0.5) is 11.4 Å². The van der Waals surface area contributed by atoms with Crippen molar-refractivity contribution < 1.29 is 21.3 Å². The summed E-state index contributed by atoms with van der Waals surface area (Å²) >= 11 is 7.37. The van der Waals surface area contributed by atoms with Crippen LogP contribution in [-0.2, 0) is 20.0 Å². The molecule has 0 saturated carbocycles. The Morgan fingerprint density at radius 3 is 2.45 bits per heavy atom. The highest BCUT2D eigenvalue weighted by molar-refractivity contribution is 7.93. The van der Waals surface area contributed by atoms with Crippen molar-refractivity contribution in [2.24, 2.45) is 0 Å². The minimum Gasteiger partial charge on any atom is -0.443 e. The van der Waals surface area contributed by atoms with Gasteiger partial charge in [-0.05, 0) is 42.5 Å². The second kappa shape index (κ2) is 8.03. The third-order valence-electron chi connectivity index (χ3n) is 4.75. The summed E-state index contributed by atoms with van der Waals surface area (Å²) in [6.45, 7) is 0. The molecule has 3 aromatic carbocycles. The van der Waals surface area contributed by atoms with E-state index in [2.05, 4.69) is 14.4 Å². The maximum Gasteiger partial charge on any atom is 0.295 e. The molecular weight excluding hydrogens is 506 g/mol. The number of anilines is 2. The number of para-hydroxylation sites is 1. The highest BCUT2D eigenvalue weighted by Crippen LogP contribution is 2.32. The van der Waals surface area contributed by atoms with Crippen LogP contribution in [0, 0.1) is 0 Å². The van der Waals surface area contributed by atoms with E-state index in [0.717, 1.165) is 0 Å². The van der Waals surface area contributed by atoms with E-state index < -0.39 is 20.0 Å². The van der Waals surface area contributed by atoms with E-state index in [0.29, 0.717) is 21.2 Å². The highest BCUT2D eigenvalue weighted by Gasteiger charge is 2.23. The molecule has 0 saturated heterocycles. The van der Waals surface area contributed by atoms with E-state index in [9.17, 15) is 16.8 Å². The molecule has 0 bridgehead atoms. The molecule has 0 aliphatic carbocycles. The molecule has 168 valence electrons. The topological polar surface area (TPSA) is 118 Å². The van der Waals surface area contributed by atoms with Crippen molar-refractivity contribution in [1.29, 1.82) is 0 Å². The third-order valence-corrected chi connectivity index (χ3v) is 8.36. The number of halogens is 1. The molecular formula is C21H14ClN3O5S3. The Morgan fingerprint density at radius 2 is 1.64 bits per heavy atom. The van der Waals surface area contributed by atoms with Crippen LogP contribution in [0.15, 0.2) is 86.6 Å². The number of nitrogens with zero attached hydrogens (tertiary/aromatic N) is 1. The summed E-state index contributed by atoms with van der Waals surface area (Å²) in [5.41, 5.74) is 2.67. The first-order valence-corrected chi connectivity index (χ1v) is 13.6. The van der Waals surface area contributed by atoms with Crippen LogP contribution in [0.1, 0.15) is 0 Å². The maximum absolute atomic E-state index is 13.0. The molecule has 5 aromatic rings. The second-order valence-electron chi connectivity index (χ2n) is 6.99. The van der Waals surface area contributed by atoms with Gasteiger partial charge in [0, 0.05) is 16.5 Å². The Hall–Kier alpha value is -3.12. The molecule has 2 heterocycles. The monoisotopic (exact) mass is 519 g/mol. The van der Waals surface area contributed by atoms with Crippen molar-refractivity contribution >= 4 is 75.5 Å². The Labute approximate surface area is 197 Å². The highest BCUT2D eigenvalue weighted by atomic mass is 35.5. The zero-order valence-electron chi connectivity index (χ0n) is 16.5. The summed E-state index contributed by atoms with van der Waals surface area (Å²) in [5, 5.41) is 0.516. The number of nitrogens with one attached hydrogen (secondary N) is 2. The number of aromatic nitrogens is 1. The van der Waals surface area contributed by atoms with Gasteiger partial charge in [-0.15, -0.1) is 11.3 Å². The Bertz CT molecular complexity index is 1690. The van der Waals surface area contributed by atoms with Crippen LogP contribution in [0.5, 0.6) is 0 Å². The lowest BCUT2D eigenvalue weighted by Gasteiger charge is -2.14. The van der Waals surface area contributed by atoms with E-state index in [4.69, 9.17) is 16.0 Å². The second-order valence-corrected chi connectivity index (χ2v) is 11.6. The van der Waals surface area contributed by atoms with Crippen molar-refractivity contribution in [1.82, 2.24) is 4.98 Å². The number of furan rings is 1. The lowest BCUT2D eigenvalue weighted by molar-refractivity contribution is 0.484. The van der Waals surface area contributed by atoms with Crippen LogP contribution >= 0.6 is 22.9 Å². The van der Waals surface area contributed by atoms with Gasteiger partial charge in [-0.3, -0.25) is 9.44 Å². The van der Waals surface area contributed by atoms with Gasteiger partial charge < -0.3 is 4.42 Å². The van der Waals surface area contributed by atoms with Crippen molar-refractivity contribution in [3.63, 3.8) is 0 Å². The van der Waals surface area contributed by atoms with E-state index in [-0.39, 0.29) is 26.4 Å². The molecule has 0 spiro atoms. The zero-order chi connectivity index (χ0) is 23.2. The normalized spacial score (nSPS) is 12.3. The van der Waals surface area contributed by atoms with Gasteiger partial charge >= 0.3 is 0 Å². The van der Waals surface area contributed by atoms with Crippen LogP contribution in [-0.4, -0.2) is 21.8 Å². The van der Waals surface area contributed by atoms with Gasteiger partial charge in [-0.1, -0.05) is 29.8 Å². The predicted molar refractivity (Wildman–Crippen MR) is 129 cm³/mol. The summed E-state index contributed by atoms with van der Waals surface area (Å²) in [5.74, 6) is 0. The minimum atomic E-state index is -4.17. The number of thiazole rings is 1. The molecule has 5 rings (SSSR count). The number of fused-ring (bicyclic) bond motifs is 2. The third kappa shape index (κ3) is 4.27. The molecule has 0 atom stereocenters. The number of hydrogen-bond donors (Lipinski definition) is 2. The Balaban J connectivity index is 1.49. The van der Waals surface area contributed by atoms with E-state index in [1.54, 1.807) is 35.8 Å². The fraction of sp³-hybridized carbons (Fsp3) is 0. The number of hydrogen-bond acceptors (Lipinski definition) is 7. The lowest BCUT2D eigenvalue weighted by Crippen LogP contribution is -2.17. The molecule has 0 radical (unpaired) electrons. The van der Waals surface area contributed by atoms with Crippen molar-refractivity contribution in [2.75, 3.05) is 9.44 Å². The first kappa shape index (κ1) is 21.7. The Kier molecular flexibility index (Phi) is 5.28. The fourth-order valence-electron chi connectivity index (χ4n) is 3.18. The fourth-order valence-corrected chi connectivity index (χ4v) is 6.29. The molecule has 0 aliphatic heterocycles. The van der Waals surface area contributed by atoms with Gasteiger partial charge in [-0.2, -0.15) is 8.42 Å². The summed E-state index contributed by atoms with van der Waals surface area (Å²) in [4.78, 5) is 4.15. The average Bonchev–Trinajstić information content (AvgIpc) is 3.42. The zero-order valence-corrected chi connectivity index (χ0v) is 19.7. The molecule has 12 heteroatoms. The van der Waals surface area contributed by atoms with E-state index in [1.165, 1.54) is 47.7 Å². The van der Waals surface area contributed by atoms with Gasteiger partial charge in [0.2, 0.25) is 5.09 Å². The molecule has 2 N–H and O–H groups in total. The molecule has 0 unspecified atom stereocenters. The van der Waals surface area contributed by atoms with Gasteiger partial charge in [0.05, 0.1) is 32.0 Å². The van der Waals surface area contributed by atoms with Crippen LogP contribution < -0.4 is 9.44 Å². The minimum absolute atomic E-state index is 0.00323. The van der Waals surface area contributed by atoms with Crippen LogP contribution in [0.3, 0.4) is 0 Å². The smallest absolute Gasteiger partial charge is 0.295 e. The number of sulfonamides is 2. The Morgan fingerprint density at radius 1 is 0.848 bits per heavy atom. The molecule has 2 aromatic heterocycles. The first-order valence-electron chi connectivity index (χ1n) is 9.38. The summed E-state index contributed by atoms with van der Waals surface area (Å²) in [6.07, 6.45) is 0. The van der Waals surface area contributed by atoms with E-state index >= 15 is 0 Å². The SMILES string of the molecule is O=S(=O)(Nc1ccc(Cl)cc1NS(=O)(=O)c1cc2ccccc2o1)c1ccc2ncsc2c1. The van der Waals surface area contributed by atoms with Gasteiger partial charge in [-0.25, -0.2) is 13.4 Å². The molecule has 8 nitrogen and oxygen atoms in total. The quantitative estimate of drug-likeness (QED) is 0.314. The van der Waals surface area contributed by atoms with Crippen LogP contribution in [0.2, 0.25) is 5.02 Å². The van der Waals surface area contributed by atoms with Crippen molar-refractivity contribution in [3.05, 3.63) is 77.3 Å². The first-order chi connectivity index (χ1) is 15.7. The summed E-state index contributed by atoms with van der Waals surface area (Å²) in [7, 11) is -8.20. The lowest BCUT2D eigenvalue weighted by atomic mass is 10.3. The summed E-state index contributed by atoms with van der Waals surface area (Å²) in [6, 6.07) is 16.9.